The molecule has 4 nitrogen and oxygen atoms in total. The van der Waals surface area contributed by atoms with Crippen molar-refractivity contribution in [3.63, 3.8) is 0 Å². The first-order valence-electron chi connectivity index (χ1n) is 5.65. The van der Waals surface area contributed by atoms with Crippen LogP contribution in [-0.2, 0) is 9.63 Å². The van der Waals surface area contributed by atoms with Gasteiger partial charge in [0.15, 0.2) is 0 Å². The van der Waals surface area contributed by atoms with Crippen LogP contribution in [-0.4, -0.2) is 30.1 Å². The summed E-state index contributed by atoms with van der Waals surface area (Å²) in [7, 11) is 3.16. The highest BCUT2D eigenvalue weighted by Crippen LogP contribution is 2.45. The number of aromatic nitrogens is 1. The Bertz CT molecular complexity index is 443. The van der Waals surface area contributed by atoms with Crippen molar-refractivity contribution in [3.05, 3.63) is 26.0 Å². The Kier molecular flexibility index (Phi) is 4.60. The van der Waals surface area contributed by atoms with Crippen molar-refractivity contribution >= 4 is 44.4 Å². The normalized spacial score (nSPS) is 22.4. The van der Waals surface area contributed by atoms with Crippen molar-refractivity contribution in [3.8, 4) is 0 Å². The minimum atomic E-state index is 0.0638. The number of hydroxylamine groups is 2. The number of carbonyl (C=O) groups excluding carboxylic acids is 1. The molecule has 18 heavy (non-hydrogen) atoms. The molecule has 0 aliphatic heterocycles. The van der Waals surface area contributed by atoms with E-state index in [0.29, 0.717) is 5.92 Å². The van der Waals surface area contributed by atoms with E-state index in [0.717, 1.165) is 20.9 Å². The van der Waals surface area contributed by atoms with Crippen LogP contribution >= 0.6 is 38.5 Å². The Morgan fingerprint density at radius 1 is 1.56 bits per heavy atom. The number of halogens is 2. The van der Waals surface area contributed by atoms with Crippen LogP contribution in [0.3, 0.4) is 0 Å². The number of nitrogens with zero attached hydrogens (tertiary/aromatic N) is 2. The third-order valence-corrected chi connectivity index (χ3v) is 4.86. The zero-order chi connectivity index (χ0) is 13.3. The van der Waals surface area contributed by atoms with Gasteiger partial charge in [0.2, 0.25) is 5.91 Å². The maximum absolute atomic E-state index is 11.9. The summed E-state index contributed by atoms with van der Waals surface area (Å²) in [6, 6.07) is 0. The second kappa shape index (κ2) is 5.83. The van der Waals surface area contributed by atoms with Gasteiger partial charge in [-0.1, -0.05) is 0 Å². The molecule has 1 fully saturated rings. The largest absolute Gasteiger partial charge is 0.275 e. The van der Waals surface area contributed by atoms with Crippen molar-refractivity contribution < 1.29 is 9.63 Å². The monoisotopic (exact) mass is 424 g/mol. The molecule has 1 amide bonds. The second-order valence-electron chi connectivity index (χ2n) is 4.40. The van der Waals surface area contributed by atoms with Crippen LogP contribution in [0.15, 0.2) is 16.9 Å². The first kappa shape index (κ1) is 14.2. The van der Waals surface area contributed by atoms with Crippen LogP contribution in [0.4, 0.5) is 0 Å². The Balaban J connectivity index is 2.03. The van der Waals surface area contributed by atoms with Crippen LogP contribution in [0.25, 0.3) is 0 Å². The first-order valence-corrected chi connectivity index (χ1v) is 7.52. The SMILES string of the molecule is CON(C)C(=O)C1CC(c2c(Br)cncc2I)C1. The molecule has 1 heterocycles. The average Bonchev–Trinajstić information content (AvgIpc) is 2.29. The number of hydrogen-bond donors (Lipinski definition) is 0. The summed E-state index contributed by atoms with van der Waals surface area (Å²) in [4.78, 5) is 20.9. The van der Waals surface area contributed by atoms with Crippen LogP contribution in [0.5, 0.6) is 0 Å². The zero-order valence-corrected chi connectivity index (χ0v) is 13.9. The van der Waals surface area contributed by atoms with Crippen LogP contribution in [0.2, 0.25) is 0 Å². The van der Waals surface area contributed by atoms with Crippen molar-refractivity contribution in [1.82, 2.24) is 10.0 Å². The van der Waals surface area contributed by atoms with E-state index in [1.54, 1.807) is 7.05 Å². The van der Waals surface area contributed by atoms with E-state index in [9.17, 15) is 4.79 Å². The number of hydrogen-bond acceptors (Lipinski definition) is 3. The van der Waals surface area contributed by atoms with E-state index in [4.69, 9.17) is 4.84 Å². The zero-order valence-electron chi connectivity index (χ0n) is 10.2. The molecule has 0 unspecified atom stereocenters. The Morgan fingerprint density at radius 3 is 2.78 bits per heavy atom. The molecule has 0 saturated heterocycles. The van der Waals surface area contributed by atoms with Gasteiger partial charge < -0.3 is 0 Å². The number of amides is 1. The summed E-state index contributed by atoms with van der Waals surface area (Å²) in [6.07, 6.45) is 5.43. The highest BCUT2D eigenvalue weighted by Gasteiger charge is 2.38. The predicted octanol–water partition coefficient (Wildman–Crippen LogP) is 2.96. The topological polar surface area (TPSA) is 42.4 Å². The van der Waals surface area contributed by atoms with Crippen LogP contribution in [0.1, 0.15) is 24.3 Å². The van der Waals surface area contributed by atoms with Gasteiger partial charge in [0.05, 0.1) is 7.11 Å². The van der Waals surface area contributed by atoms with E-state index < -0.39 is 0 Å². The van der Waals surface area contributed by atoms with Gasteiger partial charge in [-0.15, -0.1) is 0 Å². The maximum Gasteiger partial charge on any atom is 0.248 e. The minimum Gasteiger partial charge on any atom is -0.275 e. The first-order chi connectivity index (χ1) is 8.54. The van der Waals surface area contributed by atoms with Gasteiger partial charge >= 0.3 is 0 Å². The lowest BCUT2D eigenvalue weighted by Gasteiger charge is -2.36. The fraction of sp³-hybridized carbons (Fsp3) is 0.500. The standard InChI is InChI=1S/C12H14BrIN2O2/c1-16(18-2)12(17)8-3-7(4-8)11-9(13)5-15-6-10(11)14/h5-8H,3-4H2,1-2H3. The highest BCUT2D eigenvalue weighted by atomic mass is 127. The third kappa shape index (κ3) is 2.70. The molecule has 0 radical (unpaired) electrons. The van der Waals surface area contributed by atoms with E-state index in [2.05, 4.69) is 43.5 Å². The van der Waals surface area contributed by atoms with Crippen molar-refractivity contribution in [2.45, 2.75) is 18.8 Å². The number of pyridine rings is 1. The molecule has 1 aromatic heterocycles. The van der Waals surface area contributed by atoms with E-state index >= 15 is 0 Å². The molecule has 0 N–H and O–H groups in total. The molecule has 1 aliphatic rings. The molecule has 6 heteroatoms. The quantitative estimate of drug-likeness (QED) is 0.553. The minimum absolute atomic E-state index is 0.0638. The highest BCUT2D eigenvalue weighted by molar-refractivity contribution is 14.1. The summed E-state index contributed by atoms with van der Waals surface area (Å²) in [5.74, 6) is 0.582. The molecule has 0 spiro atoms. The van der Waals surface area contributed by atoms with Crippen LogP contribution < -0.4 is 0 Å². The van der Waals surface area contributed by atoms with E-state index in [-0.39, 0.29) is 11.8 Å². The second-order valence-corrected chi connectivity index (χ2v) is 6.42. The van der Waals surface area contributed by atoms with Crippen molar-refractivity contribution in [2.24, 2.45) is 5.92 Å². The molecule has 0 aromatic carbocycles. The molecule has 0 bridgehead atoms. The number of carbonyl (C=O) groups is 1. The summed E-state index contributed by atoms with van der Waals surface area (Å²) >= 11 is 5.83. The van der Waals surface area contributed by atoms with Gasteiger partial charge in [0.1, 0.15) is 0 Å². The maximum atomic E-state index is 11.9. The molecule has 0 atom stereocenters. The fourth-order valence-electron chi connectivity index (χ4n) is 2.21. The van der Waals surface area contributed by atoms with Crippen molar-refractivity contribution in [1.29, 1.82) is 0 Å². The molecular formula is C12H14BrIN2O2. The average molecular weight is 425 g/mol. The molecule has 98 valence electrons. The molecule has 1 aromatic rings. The van der Waals surface area contributed by atoms with Gasteiger partial charge in [-0.25, -0.2) is 5.06 Å². The van der Waals surface area contributed by atoms with Crippen molar-refractivity contribution in [2.75, 3.05) is 14.2 Å². The summed E-state index contributed by atoms with van der Waals surface area (Å²) < 4.78 is 2.18. The third-order valence-electron chi connectivity index (χ3n) is 3.37. The van der Waals surface area contributed by atoms with E-state index in [1.165, 1.54) is 17.7 Å². The van der Waals surface area contributed by atoms with Gasteiger partial charge in [0.25, 0.3) is 0 Å². The number of rotatable bonds is 3. The Hall–Kier alpha value is -0.210. The Morgan fingerprint density at radius 2 is 2.22 bits per heavy atom. The van der Waals surface area contributed by atoms with Crippen LogP contribution in [0, 0.1) is 9.49 Å². The summed E-state index contributed by atoms with van der Waals surface area (Å²) in [5, 5.41) is 1.31. The lowest BCUT2D eigenvalue weighted by molar-refractivity contribution is -0.176. The molecular weight excluding hydrogens is 411 g/mol. The molecule has 1 saturated carbocycles. The lowest BCUT2D eigenvalue weighted by atomic mass is 9.71. The smallest absolute Gasteiger partial charge is 0.248 e. The van der Waals surface area contributed by atoms with Gasteiger partial charge in [-0.05, 0) is 62.8 Å². The predicted molar refractivity (Wildman–Crippen MR) is 79.9 cm³/mol. The van der Waals surface area contributed by atoms with Gasteiger partial charge in [0, 0.05) is 33.4 Å². The fourth-order valence-corrected chi connectivity index (χ4v) is 4.13. The molecule has 2 rings (SSSR count). The van der Waals surface area contributed by atoms with E-state index in [1.807, 2.05) is 12.4 Å². The van der Waals surface area contributed by atoms with Gasteiger partial charge in [-0.2, -0.15) is 0 Å². The Labute approximate surface area is 128 Å². The summed E-state index contributed by atoms with van der Waals surface area (Å²) in [5.41, 5.74) is 1.27. The van der Waals surface area contributed by atoms with Gasteiger partial charge in [-0.3, -0.25) is 14.6 Å². The summed E-state index contributed by atoms with van der Waals surface area (Å²) in [6.45, 7) is 0. The lowest BCUT2D eigenvalue weighted by Crippen LogP contribution is -2.38. The molecule has 1 aliphatic carbocycles.